The molecule has 2 aromatic rings. The highest BCUT2D eigenvalue weighted by atomic mass is 35.5. The smallest absolute Gasteiger partial charge is 0.0695 e. The van der Waals surface area contributed by atoms with Gasteiger partial charge in [-0.05, 0) is 47.4 Å². The number of rotatable bonds is 4. The Morgan fingerprint density at radius 2 is 1.62 bits per heavy atom. The normalized spacial score (nSPS) is 19.0. The molecule has 0 N–H and O–H groups in total. The molecule has 1 saturated heterocycles. The van der Waals surface area contributed by atoms with Crippen LogP contribution in [0.1, 0.15) is 12.0 Å². The number of nitrogens with zero attached hydrogens (tertiary/aromatic N) is 2. The lowest BCUT2D eigenvalue weighted by atomic mass is 9.95. The zero-order chi connectivity index (χ0) is 17.8. The summed E-state index contributed by atoms with van der Waals surface area (Å²) in [4.78, 5) is 5.03. The molecule has 2 heterocycles. The Hall–Kier alpha value is -1.81. The number of piperazine rings is 1. The molecule has 0 saturated carbocycles. The first-order chi connectivity index (χ1) is 12.8. The van der Waals surface area contributed by atoms with Crippen LogP contribution in [0.15, 0.2) is 60.2 Å². The van der Waals surface area contributed by atoms with Crippen LogP contribution in [0.25, 0.3) is 5.57 Å². The van der Waals surface area contributed by atoms with Gasteiger partial charge in [0.2, 0.25) is 0 Å². The molecule has 2 aliphatic heterocycles. The van der Waals surface area contributed by atoms with Gasteiger partial charge in [0.1, 0.15) is 0 Å². The molecule has 26 heavy (non-hydrogen) atoms. The SMILES string of the molecule is Clc1ccc(C2=C(CN3CCN(c4ccccc4)CC3)COCC2)cc1. The van der Waals surface area contributed by atoms with E-state index in [1.54, 1.807) is 0 Å². The second-order valence-electron chi connectivity index (χ2n) is 6.99. The molecule has 0 spiro atoms. The molecule has 1 fully saturated rings. The highest BCUT2D eigenvalue weighted by molar-refractivity contribution is 6.30. The summed E-state index contributed by atoms with van der Waals surface area (Å²) in [7, 11) is 0. The van der Waals surface area contributed by atoms with E-state index in [2.05, 4.69) is 52.3 Å². The van der Waals surface area contributed by atoms with Crippen LogP contribution in [0.5, 0.6) is 0 Å². The molecule has 0 bridgehead atoms. The minimum absolute atomic E-state index is 0.747. The minimum atomic E-state index is 0.747. The van der Waals surface area contributed by atoms with E-state index in [0.29, 0.717) is 0 Å². The van der Waals surface area contributed by atoms with Crippen molar-refractivity contribution in [2.75, 3.05) is 50.8 Å². The van der Waals surface area contributed by atoms with Crippen LogP contribution in [-0.4, -0.2) is 50.8 Å². The van der Waals surface area contributed by atoms with Crippen molar-refractivity contribution in [2.45, 2.75) is 6.42 Å². The second-order valence-corrected chi connectivity index (χ2v) is 7.43. The lowest BCUT2D eigenvalue weighted by Gasteiger charge is -2.37. The number of halogens is 1. The van der Waals surface area contributed by atoms with Gasteiger partial charge in [0.25, 0.3) is 0 Å². The van der Waals surface area contributed by atoms with Gasteiger partial charge < -0.3 is 9.64 Å². The highest BCUT2D eigenvalue weighted by Gasteiger charge is 2.21. The zero-order valence-corrected chi connectivity index (χ0v) is 15.8. The van der Waals surface area contributed by atoms with Crippen molar-refractivity contribution in [3.8, 4) is 0 Å². The van der Waals surface area contributed by atoms with Crippen LogP contribution in [0.4, 0.5) is 5.69 Å². The summed E-state index contributed by atoms with van der Waals surface area (Å²) >= 11 is 6.05. The van der Waals surface area contributed by atoms with E-state index < -0.39 is 0 Å². The van der Waals surface area contributed by atoms with Crippen molar-refractivity contribution >= 4 is 22.9 Å². The average Bonchev–Trinajstić information content (AvgIpc) is 2.70. The Bertz CT molecular complexity index is 749. The van der Waals surface area contributed by atoms with Crippen LogP contribution in [-0.2, 0) is 4.74 Å². The van der Waals surface area contributed by atoms with Crippen LogP contribution in [0.2, 0.25) is 5.02 Å². The standard InChI is InChI=1S/C22H25ClN2O/c23-20-8-6-18(7-9-20)22-10-15-26-17-19(22)16-24-11-13-25(14-12-24)21-4-2-1-3-5-21/h1-9H,10-17H2. The molecule has 0 amide bonds. The lowest BCUT2D eigenvalue weighted by molar-refractivity contribution is 0.144. The highest BCUT2D eigenvalue weighted by Crippen LogP contribution is 2.28. The lowest BCUT2D eigenvalue weighted by Crippen LogP contribution is -2.47. The quantitative estimate of drug-likeness (QED) is 0.798. The Balaban J connectivity index is 1.43. The summed E-state index contributed by atoms with van der Waals surface area (Å²) < 4.78 is 5.77. The first-order valence-corrected chi connectivity index (χ1v) is 9.74. The van der Waals surface area contributed by atoms with Gasteiger partial charge in [0, 0.05) is 43.4 Å². The molecule has 0 radical (unpaired) electrons. The van der Waals surface area contributed by atoms with Gasteiger partial charge in [0.05, 0.1) is 13.2 Å². The van der Waals surface area contributed by atoms with E-state index in [4.69, 9.17) is 16.3 Å². The molecular formula is C22H25ClN2O. The van der Waals surface area contributed by atoms with Crippen molar-refractivity contribution in [3.05, 3.63) is 70.8 Å². The molecule has 0 atom stereocenters. The number of para-hydroxylation sites is 1. The number of hydrogen-bond acceptors (Lipinski definition) is 3. The van der Waals surface area contributed by atoms with Crippen LogP contribution >= 0.6 is 11.6 Å². The fourth-order valence-corrected chi connectivity index (χ4v) is 3.97. The van der Waals surface area contributed by atoms with Gasteiger partial charge in [-0.15, -0.1) is 0 Å². The van der Waals surface area contributed by atoms with Gasteiger partial charge in [-0.2, -0.15) is 0 Å². The zero-order valence-electron chi connectivity index (χ0n) is 15.0. The number of ether oxygens (including phenoxy) is 1. The van der Waals surface area contributed by atoms with Crippen molar-refractivity contribution < 1.29 is 4.74 Å². The summed E-state index contributed by atoms with van der Waals surface area (Å²) in [5.74, 6) is 0. The Morgan fingerprint density at radius 1 is 0.885 bits per heavy atom. The second kappa shape index (κ2) is 8.26. The third-order valence-corrected chi connectivity index (χ3v) is 5.55. The molecule has 4 heteroatoms. The molecule has 0 aromatic heterocycles. The monoisotopic (exact) mass is 368 g/mol. The first-order valence-electron chi connectivity index (χ1n) is 9.36. The first kappa shape index (κ1) is 17.6. The summed E-state index contributed by atoms with van der Waals surface area (Å²) in [6, 6.07) is 18.9. The third-order valence-electron chi connectivity index (χ3n) is 5.30. The number of benzene rings is 2. The molecule has 0 unspecified atom stereocenters. The van der Waals surface area contributed by atoms with Gasteiger partial charge in [-0.3, -0.25) is 4.90 Å². The Labute approximate surface area is 160 Å². The van der Waals surface area contributed by atoms with Gasteiger partial charge in [0.15, 0.2) is 0 Å². The maximum Gasteiger partial charge on any atom is 0.0695 e. The third kappa shape index (κ3) is 4.12. The molecule has 0 aliphatic carbocycles. The Kier molecular flexibility index (Phi) is 5.59. The van der Waals surface area contributed by atoms with E-state index in [0.717, 1.165) is 57.4 Å². The molecule has 2 aliphatic rings. The van der Waals surface area contributed by atoms with E-state index in [1.165, 1.54) is 22.4 Å². The molecule has 136 valence electrons. The van der Waals surface area contributed by atoms with Crippen molar-refractivity contribution in [1.29, 1.82) is 0 Å². The van der Waals surface area contributed by atoms with Crippen molar-refractivity contribution in [2.24, 2.45) is 0 Å². The van der Waals surface area contributed by atoms with Crippen LogP contribution in [0, 0.1) is 0 Å². The fourth-order valence-electron chi connectivity index (χ4n) is 3.85. The van der Waals surface area contributed by atoms with E-state index >= 15 is 0 Å². The van der Waals surface area contributed by atoms with Crippen LogP contribution in [0.3, 0.4) is 0 Å². The number of anilines is 1. The molecule has 2 aromatic carbocycles. The van der Waals surface area contributed by atoms with Crippen molar-refractivity contribution in [1.82, 2.24) is 4.90 Å². The molecule has 3 nitrogen and oxygen atoms in total. The predicted molar refractivity (Wildman–Crippen MR) is 109 cm³/mol. The van der Waals surface area contributed by atoms with Crippen molar-refractivity contribution in [3.63, 3.8) is 0 Å². The topological polar surface area (TPSA) is 15.7 Å². The average molecular weight is 369 g/mol. The van der Waals surface area contributed by atoms with Gasteiger partial charge in [-0.1, -0.05) is 41.9 Å². The van der Waals surface area contributed by atoms with Gasteiger partial charge in [-0.25, -0.2) is 0 Å². The summed E-state index contributed by atoms with van der Waals surface area (Å²) in [5, 5.41) is 0.792. The Morgan fingerprint density at radius 3 is 2.35 bits per heavy atom. The van der Waals surface area contributed by atoms with E-state index in [9.17, 15) is 0 Å². The summed E-state index contributed by atoms with van der Waals surface area (Å²) in [6.07, 6.45) is 0.987. The number of hydrogen-bond donors (Lipinski definition) is 0. The van der Waals surface area contributed by atoms with E-state index in [-0.39, 0.29) is 0 Å². The van der Waals surface area contributed by atoms with Gasteiger partial charge >= 0.3 is 0 Å². The van der Waals surface area contributed by atoms with E-state index in [1.807, 2.05) is 12.1 Å². The summed E-state index contributed by atoms with van der Waals surface area (Å²) in [6.45, 7) is 6.89. The minimum Gasteiger partial charge on any atom is -0.377 e. The maximum absolute atomic E-state index is 6.05. The fraction of sp³-hybridized carbons (Fsp3) is 0.364. The largest absolute Gasteiger partial charge is 0.377 e. The summed E-state index contributed by atoms with van der Waals surface area (Å²) in [5.41, 5.74) is 5.48. The predicted octanol–water partition coefficient (Wildman–Crippen LogP) is 4.34. The molecular weight excluding hydrogens is 344 g/mol. The van der Waals surface area contributed by atoms with Crippen LogP contribution < -0.4 is 4.90 Å². The molecule has 4 rings (SSSR count). The maximum atomic E-state index is 6.05.